The number of likely N-dealkylation sites (tertiary alicyclic amines) is 2. The Kier molecular flexibility index (Phi) is 4.36. The predicted molar refractivity (Wildman–Crippen MR) is 95.5 cm³/mol. The molecular formula is C18H24N6O2. The summed E-state index contributed by atoms with van der Waals surface area (Å²) in [6, 6.07) is 2.00. The highest BCUT2D eigenvalue weighted by molar-refractivity contribution is 5.94. The zero-order chi connectivity index (χ0) is 18.3. The molecule has 4 rings (SSSR count). The standard InChI is InChI=1S/C18H24N6O2/c1-12-16(24-8-2-7-20-18(24)21-12)17(26)22-9-5-14-13(11-22)3-4-15(25)23(14)10-6-19/h2,7-8,13-14H,3-6,9-11,19H2,1H3/t13-,14+/m0/s1. The normalized spacial score (nSPS) is 23.4. The number of aromatic nitrogens is 3. The molecule has 2 aliphatic heterocycles. The van der Waals surface area contributed by atoms with Crippen molar-refractivity contribution in [2.45, 2.75) is 32.2 Å². The zero-order valence-electron chi connectivity index (χ0n) is 15.0. The van der Waals surface area contributed by atoms with Gasteiger partial charge in [0.05, 0.1) is 5.69 Å². The number of fused-ring (bicyclic) bond motifs is 2. The average molecular weight is 356 g/mol. The number of aryl methyl sites for hydroxylation is 1. The van der Waals surface area contributed by atoms with Crippen LogP contribution < -0.4 is 5.73 Å². The van der Waals surface area contributed by atoms with Gasteiger partial charge in [0, 0.05) is 51.0 Å². The molecule has 2 aliphatic rings. The molecule has 4 heterocycles. The minimum Gasteiger partial charge on any atom is -0.338 e. The van der Waals surface area contributed by atoms with Crippen LogP contribution in [-0.2, 0) is 4.79 Å². The van der Waals surface area contributed by atoms with E-state index in [0.29, 0.717) is 55.7 Å². The summed E-state index contributed by atoms with van der Waals surface area (Å²) in [5.41, 5.74) is 6.95. The molecule has 0 aliphatic carbocycles. The molecule has 8 nitrogen and oxygen atoms in total. The first-order valence-corrected chi connectivity index (χ1v) is 9.18. The van der Waals surface area contributed by atoms with Crippen LogP contribution in [0.1, 0.15) is 35.4 Å². The van der Waals surface area contributed by atoms with E-state index in [0.717, 1.165) is 12.8 Å². The Morgan fingerprint density at radius 3 is 3.04 bits per heavy atom. The first-order valence-electron chi connectivity index (χ1n) is 9.18. The summed E-state index contributed by atoms with van der Waals surface area (Å²) in [5, 5.41) is 0. The lowest BCUT2D eigenvalue weighted by Gasteiger charge is -2.47. The van der Waals surface area contributed by atoms with Gasteiger partial charge in [0.15, 0.2) is 0 Å². The van der Waals surface area contributed by atoms with Crippen molar-refractivity contribution in [2.75, 3.05) is 26.2 Å². The van der Waals surface area contributed by atoms with Gasteiger partial charge in [-0.25, -0.2) is 9.97 Å². The summed E-state index contributed by atoms with van der Waals surface area (Å²) < 4.78 is 1.76. The number of carbonyl (C=O) groups excluding carboxylic acids is 2. The van der Waals surface area contributed by atoms with Crippen LogP contribution in [0.4, 0.5) is 0 Å². The average Bonchev–Trinajstić information content (AvgIpc) is 2.99. The minimum atomic E-state index is -0.0104. The van der Waals surface area contributed by atoms with Crippen molar-refractivity contribution in [1.29, 1.82) is 0 Å². The first kappa shape index (κ1) is 17.0. The fraction of sp³-hybridized carbons (Fsp3) is 0.556. The second-order valence-corrected chi connectivity index (χ2v) is 7.12. The van der Waals surface area contributed by atoms with Gasteiger partial charge in [-0.1, -0.05) is 0 Å². The Morgan fingerprint density at radius 2 is 2.23 bits per heavy atom. The zero-order valence-corrected chi connectivity index (χ0v) is 15.0. The van der Waals surface area contributed by atoms with Gasteiger partial charge >= 0.3 is 0 Å². The van der Waals surface area contributed by atoms with Gasteiger partial charge in [0.25, 0.3) is 5.91 Å². The van der Waals surface area contributed by atoms with Gasteiger partial charge in [-0.3, -0.25) is 14.0 Å². The first-order chi connectivity index (χ1) is 12.6. The number of carbonyl (C=O) groups is 2. The molecule has 2 saturated heterocycles. The summed E-state index contributed by atoms with van der Waals surface area (Å²) in [4.78, 5) is 37.8. The van der Waals surface area contributed by atoms with Gasteiger partial charge in [0.1, 0.15) is 5.69 Å². The van der Waals surface area contributed by atoms with E-state index >= 15 is 0 Å². The van der Waals surface area contributed by atoms with E-state index in [1.54, 1.807) is 16.7 Å². The van der Waals surface area contributed by atoms with Gasteiger partial charge in [-0.2, -0.15) is 0 Å². The molecule has 2 fully saturated rings. The highest BCUT2D eigenvalue weighted by atomic mass is 16.2. The quantitative estimate of drug-likeness (QED) is 0.861. The molecule has 2 aromatic rings. The topological polar surface area (TPSA) is 96.8 Å². The van der Waals surface area contributed by atoms with Gasteiger partial charge in [0.2, 0.25) is 11.7 Å². The molecule has 0 spiro atoms. The molecule has 26 heavy (non-hydrogen) atoms. The molecule has 2 amide bonds. The number of rotatable bonds is 3. The minimum absolute atomic E-state index is 0.0104. The lowest BCUT2D eigenvalue weighted by atomic mass is 9.83. The second kappa shape index (κ2) is 6.68. The molecule has 2 atom stereocenters. The Bertz CT molecular complexity index is 847. The number of imidazole rings is 1. The third kappa shape index (κ3) is 2.74. The smallest absolute Gasteiger partial charge is 0.272 e. The van der Waals surface area contributed by atoms with E-state index in [-0.39, 0.29) is 17.9 Å². The highest BCUT2D eigenvalue weighted by Gasteiger charge is 2.40. The number of piperidine rings is 2. The summed E-state index contributed by atoms with van der Waals surface area (Å²) in [7, 11) is 0. The largest absolute Gasteiger partial charge is 0.338 e. The summed E-state index contributed by atoms with van der Waals surface area (Å²) >= 11 is 0. The maximum atomic E-state index is 13.2. The molecular weight excluding hydrogens is 332 g/mol. The molecule has 0 aromatic carbocycles. The van der Waals surface area contributed by atoms with Crippen LogP contribution >= 0.6 is 0 Å². The van der Waals surface area contributed by atoms with Crippen LogP contribution in [0.5, 0.6) is 0 Å². The fourth-order valence-corrected chi connectivity index (χ4v) is 4.37. The molecule has 0 bridgehead atoms. The molecule has 138 valence electrons. The van der Waals surface area contributed by atoms with Gasteiger partial charge in [-0.15, -0.1) is 0 Å². The third-order valence-corrected chi connectivity index (χ3v) is 5.58. The second-order valence-electron chi connectivity index (χ2n) is 7.12. The van der Waals surface area contributed by atoms with Crippen molar-refractivity contribution in [3.05, 3.63) is 29.8 Å². The van der Waals surface area contributed by atoms with Crippen molar-refractivity contribution in [3.63, 3.8) is 0 Å². The SMILES string of the molecule is Cc1nc2ncccn2c1C(=O)N1CC[C@@H]2[C@@H](CCC(=O)N2CCN)C1. The number of hydrogen-bond donors (Lipinski definition) is 1. The molecule has 0 unspecified atom stereocenters. The molecule has 8 heteroatoms. The van der Waals surface area contributed by atoms with Crippen molar-refractivity contribution in [2.24, 2.45) is 11.7 Å². The van der Waals surface area contributed by atoms with Crippen molar-refractivity contribution >= 4 is 17.6 Å². The van der Waals surface area contributed by atoms with Crippen LogP contribution in [0.25, 0.3) is 5.78 Å². The summed E-state index contributed by atoms with van der Waals surface area (Å²) in [6.07, 6.45) is 5.68. The Morgan fingerprint density at radius 1 is 1.38 bits per heavy atom. The number of nitrogens with two attached hydrogens (primary N) is 1. The lowest BCUT2D eigenvalue weighted by Crippen LogP contribution is -2.57. The Balaban J connectivity index is 1.56. The highest BCUT2D eigenvalue weighted by Crippen LogP contribution is 2.31. The number of nitrogens with zero attached hydrogens (tertiary/aromatic N) is 5. The summed E-state index contributed by atoms with van der Waals surface area (Å²) in [6.45, 7) is 4.24. The van der Waals surface area contributed by atoms with E-state index in [1.807, 2.05) is 22.9 Å². The van der Waals surface area contributed by atoms with Gasteiger partial charge < -0.3 is 15.5 Å². The molecule has 2 N–H and O–H groups in total. The predicted octanol–water partition coefficient (Wildman–Crippen LogP) is 0.450. The Labute approximate surface area is 152 Å². The van der Waals surface area contributed by atoms with Crippen LogP contribution in [0.2, 0.25) is 0 Å². The molecule has 0 radical (unpaired) electrons. The van der Waals surface area contributed by atoms with E-state index in [2.05, 4.69) is 9.97 Å². The van der Waals surface area contributed by atoms with E-state index in [1.165, 1.54) is 0 Å². The maximum Gasteiger partial charge on any atom is 0.272 e. The van der Waals surface area contributed by atoms with E-state index in [9.17, 15) is 9.59 Å². The van der Waals surface area contributed by atoms with Crippen molar-refractivity contribution < 1.29 is 9.59 Å². The monoisotopic (exact) mass is 356 g/mol. The number of amides is 2. The molecule has 2 aromatic heterocycles. The van der Waals surface area contributed by atoms with Gasteiger partial charge in [-0.05, 0) is 31.7 Å². The van der Waals surface area contributed by atoms with Crippen molar-refractivity contribution in [1.82, 2.24) is 24.2 Å². The summed E-state index contributed by atoms with van der Waals surface area (Å²) in [5.74, 6) is 1.04. The van der Waals surface area contributed by atoms with Crippen molar-refractivity contribution in [3.8, 4) is 0 Å². The fourth-order valence-electron chi connectivity index (χ4n) is 4.37. The maximum absolute atomic E-state index is 13.2. The molecule has 0 saturated carbocycles. The van der Waals surface area contributed by atoms with Crippen LogP contribution in [0, 0.1) is 12.8 Å². The van der Waals surface area contributed by atoms with E-state index in [4.69, 9.17) is 5.73 Å². The lowest BCUT2D eigenvalue weighted by molar-refractivity contribution is -0.140. The van der Waals surface area contributed by atoms with Crippen LogP contribution in [0.15, 0.2) is 18.5 Å². The third-order valence-electron chi connectivity index (χ3n) is 5.58. The van der Waals surface area contributed by atoms with Crippen LogP contribution in [-0.4, -0.2) is 68.2 Å². The van der Waals surface area contributed by atoms with E-state index < -0.39 is 0 Å². The Hall–Kier alpha value is -2.48. The van der Waals surface area contributed by atoms with Crippen LogP contribution in [0.3, 0.4) is 0 Å². The number of hydrogen-bond acceptors (Lipinski definition) is 5.